The normalized spacial score (nSPS) is 9.75. The van der Waals surface area contributed by atoms with Gasteiger partial charge in [0.1, 0.15) is 23.5 Å². The molecule has 0 atom stereocenters. The molecule has 102 valence electrons. The van der Waals surface area contributed by atoms with Crippen LogP contribution in [0, 0.1) is 10.7 Å². The van der Waals surface area contributed by atoms with Crippen LogP contribution >= 0.6 is 11.8 Å². The third-order valence-electron chi connectivity index (χ3n) is 2.59. The van der Waals surface area contributed by atoms with E-state index in [1.54, 1.807) is 0 Å². The van der Waals surface area contributed by atoms with E-state index in [-0.39, 0.29) is 0 Å². The molecule has 0 saturated carbocycles. The van der Waals surface area contributed by atoms with Gasteiger partial charge in [0.15, 0.2) is 0 Å². The summed E-state index contributed by atoms with van der Waals surface area (Å²) in [6.45, 7) is 1.09. The number of nitriles is 1. The van der Waals surface area contributed by atoms with Crippen LogP contribution in [-0.4, -0.2) is 12.4 Å². The van der Waals surface area contributed by atoms with Gasteiger partial charge in [0.25, 0.3) is 0 Å². The molecule has 0 fully saturated rings. The second-order valence-corrected chi connectivity index (χ2v) is 4.91. The number of nitrogens with zero attached hydrogens (tertiary/aromatic N) is 1. The van der Waals surface area contributed by atoms with Crippen molar-refractivity contribution in [1.82, 2.24) is 0 Å². The minimum atomic E-state index is 0.530. The number of rotatable bonds is 7. The van der Waals surface area contributed by atoms with E-state index in [1.807, 2.05) is 60.0 Å². The Labute approximate surface area is 123 Å². The smallest absolute Gasteiger partial charge is 0.133 e. The fourth-order valence-electron chi connectivity index (χ4n) is 1.62. The van der Waals surface area contributed by atoms with Crippen molar-refractivity contribution in [1.29, 1.82) is 5.26 Å². The van der Waals surface area contributed by atoms with Gasteiger partial charge in [-0.2, -0.15) is 5.26 Å². The maximum absolute atomic E-state index is 8.39. The molecule has 0 amide bonds. The van der Waals surface area contributed by atoms with Crippen LogP contribution in [-0.2, 0) is 6.61 Å². The van der Waals surface area contributed by atoms with Crippen molar-refractivity contribution in [2.24, 2.45) is 0 Å². The number of ether oxygens (including phenoxy) is 2. The van der Waals surface area contributed by atoms with Crippen LogP contribution in [0.2, 0.25) is 0 Å². The Morgan fingerprint density at radius 1 is 0.900 bits per heavy atom. The van der Waals surface area contributed by atoms with E-state index in [0.717, 1.165) is 17.1 Å². The molecule has 2 aromatic carbocycles. The van der Waals surface area contributed by atoms with Gasteiger partial charge in [-0.25, -0.2) is 0 Å². The highest BCUT2D eigenvalue weighted by Gasteiger charge is 1.98. The summed E-state index contributed by atoms with van der Waals surface area (Å²) in [4.78, 5) is 0. The number of hydrogen-bond donors (Lipinski definition) is 0. The monoisotopic (exact) mass is 285 g/mol. The van der Waals surface area contributed by atoms with E-state index in [4.69, 9.17) is 14.7 Å². The summed E-state index contributed by atoms with van der Waals surface area (Å²) in [6.07, 6.45) is 0. The standard InChI is InChI=1S/C16H15NO2S/c17-13-20-11-10-18-15-6-8-16(9-7-15)19-12-14-4-2-1-3-5-14/h1-9H,10-12H2. The van der Waals surface area contributed by atoms with Crippen molar-refractivity contribution in [3.8, 4) is 16.9 Å². The Morgan fingerprint density at radius 2 is 1.55 bits per heavy atom. The molecule has 0 N–H and O–H groups in total. The number of hydrogen-bond acceptors (Lipinski definition) is 4. The fourth-order valence-corrected chi connectivity index (χ4v) is 1.88. The molecule has 0 aromatic heterocycles. The molecule has 0 aliphatic rings. The van der Waals surface area contributed by atoms with Crippen LogP contribution < -0.4 is 9.47 Å². The van der Waals surface area contributed by atoms with Crippen molar-refractivity contribution in [3.05, 3.63) is 60.2 Å². The molecule has 4 heteroatoms. The first kappa shape index (κ1) is 14.3. The minimum Gasteiger partial charge on any atom is -0.493 e. The van der Waals surface area contributed by atoms with Crippen molar-refractivity contribution < 1.29 is 9.47 Å². The van der Waals surface area contributed by atoms with Crippen molar-refractivity contribution in [2.45, 2.75) is 6.61 Å². The van der Waals surface area contributed by atoms with E-state index >= 15 is 0 Å². The summed E-state index contributed by atoms with van der Waals surface area (Å²) >= 11 is 1.19. The van der Waals surface area contributed by atoms with E-state index in [1.165, 1.54) is 11.8 Å². The van der Waals surface area contributed by atoms with Crippen molar-refractivity contribution >= 4 is 11.8 Å². The maximum atomic E-state index is 8.39. The highest BCUT2D eigenvalue weighted by molar-refractivity contribution is 8.03. The van der Waals surface area contributed by atoms with Gasteiger partial charge in [-0.1, -0.05) is 30.3 Å². The third-order valence-corrected chi connectivity index (χ3v) is 3.09. The van der Waals surface area contributed by atoms with Gasteiger partial charge in [0, 0.05) is 5.75 Å². The molecular weight excluding hydrogens is 270 g/mol. The molecule has 0 saturated heterocycles. The van der Waals surface area contributed by atoms with Crippen LogP contribution in [0.1, 0.15) is 5.56 Å². The summed E-state index contributed by atoms with van der Waals surface area (Å²) in [5.74, 6) is 2.27. The second kappa shape index (κ2) is 8.13. The summed E-state index contributed by atoms with van der Waals surface area (Å²) in [5.41, 5.74) is 1.14. The molecule has 0 radical (unpaired) electrons. The number of benzene rings is 2. The maximum Gasteiger partial charge on any atom is 0.133 e. The molecular formula is C16H15NO2S. The SMILES string of the molecule is N#CSCCOc1ccc(OCc2ccccc2)cc1. The Bertz CT molecular complexity index is 549. The van der Waals surface area contributed by atoms with Crippen LogP contribution in [0.15, 0.2) is 54.6 Å². The average Bonchev–Trinajstić information content (AvgIpc) is 2.52. The highest BCUT2D eigenvalue weighted by Crippen LogP contribution is 2.18. The Kier molecular flexibility index (Phi) is 5.81. The van der Waals surface area contributed by atoms with Gasteiger partial charge in [0.05, 0.1) is 6.61 Å². The molecule has 0 unspecified atom stereocenters. The summed E-state index contributed by atoms with van der Waals surface area (Å²) in [6, 6.07) is 17.6. The zero-order valence-corrected chi connectivity index (χ0v) is 11.8. The first-order valence-corrected chi connectivity index (χ1v) is 7.27. The zero-order valence-electron chi connectivity index (χ0n) is 11.0. The second-order valence-electron chi connectivity index (χ2n) is 4.03. The highest BCUT2D eigenvalue weighted by atomic mass is 32.2. The summed E-state index contributed by atoms with van der Waals surface area (Å²) < 4.78 is 11.2. The molecule has 20 heavy (non-hydrogen) atoms. The lowest BCUT2D eigenvalue weighted by Gasteiger charge is -2.08. The third kappa shape index (κ3) is 4.87. The first-order valence-electron chi connectivity index (χ1n) is 6.29. The quantitative estimate of drug-likeness (QED) is 0.572. The average molecular weight is 285 g/mol. The van der Waals surface area contributed by atoms with E-state index in [2.05, 4.69) is 0 Å². The van der Waals surface area contributed by atoms with Crippen LogP contribution in [0.3, 0.4) is 0 Å². The molecule has 0 aliphatic heterocycles. The lowest BCUT2D eigenvalue weighted by Crippen LogP contribution is -1.99. The van der Waals surface area contributed by atoms with Crippen LogP contribution in [0.5, 0.6) is 11.5 Å². The Hall–Kier alpha value is -2.12. The molecule has 0 heterocycles. The molecule has 0 aliphatic carbocycles. The van der Waals surface area contributed by atoms with E-state index in [9.17, 15) is 0 Å². The van der Waals surface area contributed by atoms with Gasteiger partial charge in [-0.15, -0.1) is 0 Å². The van der Waals surface area contributed by atoms with Gasteiger partial charge < -0.3 is 9.47 Å². The predicted octanol–water partition coefficient (Wildman–Crippen LogP) is 3.86. The minimum absolute atomic E-state index is 0.530. The lowest BCUT2D eigenvalue weighted by molar-refractivity contribution is 0.304. The van der Waals surface area contributed by atoms with Gasteiger partial charge >= 0.3 is 0 Å². The van der Waals surface area contributed by atoms with Crippen molar-refractivity contribution in [3.63, 3.8) is 0 Å². The largest absolute Gasteiger partial charge is 0.493 e. The van der Waals surface area contributed by atoms with Gasteiger partial charge in [-0.3, -0.25) is 0 Å². The van der Waals surface area contributed by atoms with Gasteiger partial charge in [0.2, 0.25) is 0 Å². The molecule has 3 nitrogen and oxygen atoms in total. The van der Waals surface area contributed by atoms with Crippen molar-refractivity contribution in [2.75, 3.05) is 12.4 Å². The molecule has 0 spiro atoms. The number of thioether (sulfide) groups is 1. The first-order chi connectivity index (χ1) is 9.88. The molecule has 2 rings (SSSR count). The lowest BCUT2D eigenvalue weighted by atomic mass is 10.2. The molecule has 2 aromatic rings. The Balaban J connectivity index is 1.78. The topological polar surface area (TPSA) is 42.2 Å². The summed E-state index contributed by atoms with van der Waals surface area (Å²) in [5, 5.41) is 10.4. The summed E-state index contributed by atoms with van der Waals surface area (Å²) in [7, 11) is 0. The zero-order chi connectivity index (χ0) is 14.0. The fraction of sp³-hybridized carbons (Fsp3) is 0.188. The Morgan fingerprint density at radius 3 is 2.20 bits per heavy atom. The predicted molar refractivity (Wildman–Crippen MR) is 80.8 cm³/mol. The molecule has 0 bridgehead atoms. The number of thiocyanates is 1. The van der Waals surface area contributed by atoms with Crippen LogP contribution in [0.25, 0.3) is 0 Å². The van der Waals surface area contributed by atoms with E-state index < -0.39 is 0 Å². The van der Waals surface area contributed by atoms with Gasteiger partial charge in [-0.05, 0) is 41.6 Å². The van der Waals surface area contributed by atoms with E-state index in [0.29, 0.717) is 19.0 Å². The van der Waals surface area contributed by atoms with Crippen LogP contribution in [0.4, 0.5) is 0 Å².